The molecule has 2 N–H and O–H groups in total. The summed E-state index contributed by atoms with van der Waals surface area (Å²) in [7, 11) is 0. The molecule has 1 saturated carbocycles. The van der Waals surface area contributed by atoms with Crippen LogP contribution in [0.15, 0.2) is 42.5 Å². The van der Waals surface area contributed by atoms with Gasteiger partial charge < -0.3 is 10.5 Å². The number of aryl methyl sites for hydroxylation is 1. The fourth-order valence-electron chi connectivity index (χ4n) is 2.74. The molecule has 1 fully saturated rings. The summed E-state index contributed by atoms with van der Waals surface area (Å²) in [5.41, 5.74) is 4.74. The Morgan fingerprint density at radius 2 is 1.75 bits per heavy atom. The van der Waals surface area contributed by atoms with Gasteiger partial charge in [0.1, 0.15) is 11.5 Å². The molecule has 0 heterocycles. The largest absolute Gasteiger partial charge is 0.457 e. The van der Waals surface area contributed by atoms with Gasteiger partial charge in [0.05, 0.1) is 5.41 Å². The van der Waals surface area contributed by atoms with E-state index in [1.54, 1.807) is 25.1 Å². The molecule has 24 heavy (non-hydrogen) atoms. The molecule has 0 spiro atoms. The molecule has 0 radical (unpaired) electrons. The van der Waals surface area contributed by atoms with Gasteiger partial charge in [-0.2, -0.15) is 13.2 Å². The molecule has 0 unspecified atom stereocenters. The average Bonchev–Trinajstić information content (AvgIpc) is 3.31. The number of primary amides is 1. The van der Waals surface area contributed by atoms with Crippen molar-refractivity contribution in [2.45, 2.75) is 31.4 Å². The van der Waals surface area contributed by atoms with E-state index in [-0.39, 0.29) is 18.4 Å². The number of alkyl halides is 3. The van der Waals surface area contributed by atoms with E-state index in [1.165, 1.54) is 24.3 Å². The fraction of sp³-hybridized carbons (Fsp3) is 0.278. The molecule has 0 aliphatic heterocycles. The Morgan fingerprint density at radius 3 is 2.21 bits per heavy atom. The Balaban J connectivity index is 1.82. The van der Waals surface area contributed by atoms with E-state index < -0.39 is 17.5 Å². The summed E-state index contributed by atoms with van der Waals surface area (Å²) in [4.78, 5) is 11.0. The van der Waals surface area contributed by atoms with Gasteiger partial charge in [-0.25, -0.2) is 0 Å². The minimum Gasteiger partial charge on any atom is -0.457 e. The average molecular weight is 335 g/mol. The summed E-state index contributed by atoms with van der Waals surface area (Å²) in [6.45, 7) is 1.71. The number of benzene rings is 2. The highest BCUT2D eigenvalue weighted by molar-refractivity contribution is 5.92. The number of ether oxygens (including phenoxy) is 1. The fourth-order valence-corrected chi connectivity index (χ4v) is 2.74. The van der Waals surface area contributed by atoms with Crippen molar-refractivity contribution in [1.82, 2.24) is 0 Å². The second-order valence-electron chi connectivity index (χ2n) is 6.05. The van der Waals surface area contributed by atoms with E-state index in [4.69, 9.17) is 10.5 Å². The molecule has 0 atom stereocenters. The Bertz CT molecular complexity index is 778. The van der Waals surface area contributed by atoms with Crippen LogP contribution in [0.5, 0.6) is 11.5 Å². The van der Waals surface area contributed by atoms with Crippen molar-refractivity contribution in [3.63, 3.8) is 0 Å². The minimum atomic E-state index is -4.23. The summed E-state index contributed by atoms with van der Waals surface area (Å²) in [5.74, 6) is 0.417. The summed E-state index contributed by atoms with van der Waals surface area (Å²) in [6.07, 6.45) is -3.97. The van der Waals surface area contributed by atoms with Gasteiger partial charge in [0.25, 0.3) is 0 Å². The number of halogens is 3. The van der Waals surface area contributed by atoms with E-state index in [2.05, 4.69) is 0 Å². The molecular formula is C18H16F3NO2. The lowest BCUT2D eigenvalue weighted by Crippen LogP contribution is -2.28. The molecule has 0 aromatic heterocycles. The highest BCUT2D eigenvalue weighted by Crippen LogP contribution is 2.59. The van der Waals surface area contributed by atoms with Crippen molar-refractivity contribution in [1.29, 1.82) is 0 Å². The summed E-state index contributed by atoms with van der Waals surface area (Å²) < 4.78 is 45.3. The van der Waals surface area contributed by atoms with Crippen LogP contribution < -0.4 is 10.5 Å². The molecule has 3 rings (SSSR count). The van der Waals surface area contributed by atoms with Gasteiger partial charge in [0.2, 0.25) is 5.91 Å². The zero-order valence-electron chi connectivity index (χ0n) is 13.0. The predicted octanol–water partition coefficient (Wildman–Crippen LogP) is 4.48. The maximum absolute atomic E-state index is 13.2. The minimum absolute atomic E-state index is 0.130. The topological polar surface area (TPSA) is 52.3 Å². The zero-order valence-corrected chi connectivity index (χ0v) is 13.0. The quantitative estimate of drug-likeness (QED) is 0.895. The van der Waals surface area contributed by atoms with Crippen LogP contribution in [0.25, 0.3) is 0 Å². The molecule has 126 valence electrons. The molecule has 1 aliphatic carbocycles. The molecular weight excluding hydrogens is 319 g/mol. The first-order valence-electron chi connectivity index (χ1n) is 7.48. The van der Waals surface area contributed by atoms with Crippen LogP contribution in [0.3, 0.4) is 0 Å². The standard InChI is InChI=1S/C18H16F3NO2/c1-11-10-13(17(8-9-17)18(19,20)21)4-7-15(11)24-14-5-2-12(3-6-14)16(22)23/h2-7,10H,8-9H2,1H3,(H2,22,23). The van der Waals surface area contributed by atoms with Gasteiger partial charge in [-0.3, -0.25) is 4.79 Å². The Hall–Kier alpha value is -2.50. The van der Waals surface area contributed by atoms with Gasteiger partial charge in [0, 0.05) is 5.56 Å². The third-order valence-corrected chi connectivity index (χ3v) is 4.39. The Kier molecular flexibility index (Phi) is 3.78. The normalized spacial score (nSPS) is 15.8. The lowest BCUT2D eigenvalue weighted by atomic mass is 9.93. The monoisotopic (exact) mass is 335 g/mol. The van der Waals surface area contributed by atoms with Crippen LogP contribution in [0.2, 0.25) is 0 Å². The molecule has 0 bridgehead atoms. The van der Waals surface area contributed by atoms with Crippen LogP contribution >= 0.6 is 0 Å². The van der Waals surface area contributed by atoms with Gasteiger partial charge in [0.15, 0.2) is 0 Å². The number of hydrogen-bond donors (Lipinski definition) is 1. The first kappa shape index (κ1) is 16.4. The summed E-state index contributed by atoms with van der Waals surface area (Å²) >= 11 is 0. The number of rotatable bonds is 4. The van der Waals surface area contributed by atoms with Crippen molar-refractivity contribution in [2.24, 2.45) is 5.73 Å². The lowest BCUT2D eigenvalue weighted by molar-refractivity contribution is -0.160. The Labute approximate surface area is 137 Å². The highest BCUT2D eigenvalue weighted by atomic mass is 19.4. The van der Waals surface area contributed by atoms with E-state index in [0.29, 0.717) is 22.6 Å². The number of nitrogens with two attached hydrogens (primary N) is 1. The van der Waals surface area contributed by atoms with Crippen molar-refractivity contribution in [3.8, 4) is 11.5 Å². The number of amides is 1. The second kappa shape index (κ2) is 5.54. The number of carbonyl (C=O) groups excluding carboxylic acids is 1. The number of carbonyl (C=O) groups is 1. The summed E-state index contributed by atoms with van der Waals surface area (Å²) in [6, 6.07) is 10.8. The zero-order chi connectivity index (χ0) is 17.5. The van der Waals surface area contributed by atoms with Crippen LogP contribution in [0.4, 0.5) is 13.2 Å². The van der Waals surface area contributed by atoms with E-state index in [1.807, 2.05) is 0 Å². The van der Waals surface area contributed by atoms with Crippen molar-refractivity contribution in [3.05, 3.63) is 59.2 Å². The van der Waals surface area contributed by atoms with Crippen LogP contribution in [0.1, 0.15) is 34.3 Å². The third-order valence-electron chi connectivity index (χ3n) is 4.39. The van der Waals surface area contributed by atoms with Gasteiger partial charge in [-0.05, 0) is 61.2 Å². The molecule has 3 nitrogen and oxygen atoms in total. The van der Waals surface area contributed by atoms with Crippen molar-refractivity contribution in [2.75, 3.05) is 0 Å². The predicted molar refractivity (Wildman–Crippen MR) is 83.2 cm³/mol. The van der Waals surface area contributed by atoms with E-state index in [9.17, 15) is 18.0 Å². The van der Waals surface area contributed by atoms with Crippen LogP contribution in [-0.2, 0) is 5.41 Å². The van der Waals surface area contributed by atoms with Gasteiger partial charge in [-0.15, -0.1) is 0 Å². The van der Waals surface area contributed by atoms with Crippen LogP contribution in [-0.4, -0.2) is 12.1 Å². The Morgan fingerprint density at radius 1 is 1.12 bits per heavy atom. The lowest BCUT2D eigenvalue weighted by Gasteiger charge is -2.20. The number of hydrogen-bond acceptors (Lipinski definition) is 2. The first-order valence-corrected chi connectivity index (χ1v) is 7.48. The van der Waals surface area contributed by atoms with Crippen molar-refractivity contribution >= 4 is 5.91 Å². The third kappa shape index (κ3) is 2.84. The molecule has 6 heteroatoms. The first-order chi connectivity index (χ1) is 11.2. The van der Waals surface area contributed by atoms with Gasteiger partial charge >= 0.3 is 6.18 Å². The summed E-state index contributed by atoms with van der Waals surface area (Å²) in [5, 5.41) is 0. The highest BCUT2D eigenvalue weighted by Gasteiger charge is 2.64. The second-order valence-corrected chi connectivity index (χ2v) is 6.05. The maximum atomic E-state index is 13.2. The molecule has 0 saturated heterocycles. The van der Waals surface area contributed by atoms with Crippen molar-refractivity contribution < 1.29 is 22.7 Å². The molecule has 2 aromatic rings. The van der Waals surface area contributed by atoms with E-state index >= 15 is 0 Å². The SMILES string of the molecule is Cc1cc(C2(C(F)(F)F)CC2)ccc1Oc1ccc(C(N)=O)cc1. The smallest absolute Gasteiger partial charge is 0.398 e. The van der Waals surface area contributed by atoms with Gasteiger partial charge in [-0.1, -0.05) is 12.1 Å². The molecule has 1 aliphatic rings. The van der Waals surface area contributed by atoms with E-state index in [0.717, 1.165) is 0 Å². The maximum Gasteiger partial charge on any atom is 0.398 e. The molecule has 1 amide bonds. The van der Waals surface area contributed by atoms with Crippen LogP contribution in [0, 0.1) is 6.92 Å². The molecule has 2 aromatic carbocycles.